The number of anilines is 1. The maximum absolute atomic E-state index is 12.2. The monoisotopic (exact) mass is 281 g/mol. The van der Waals surface area contributed by atoms with Crippen molar-refractivity contribution >= 4 is 22.6 Å². The van der Waals surface area contributed by atoms with Crippen LogP contribution in [-0.2, 0) is 4.74 Å². The van der Waals surface area contributed by atoms with E-state index in [1.54, 1.807) is 19.3 Å². The predicted molar refractivity (Wildman–Crippen MR) is 81.9 cm³/mol. The minimum atomic E-state index is -0.375. The van der Waals surface area contributed by atoms with Crippen LogP contribution in [0.2, 0.25) is 0 Å². The molecule has 5 heteroatoms. The molecule has 5 nitrogen and oxygen atoms in total. The molecule has 0 fully saturated rings. The van der Waals surface area contributed by atoms with Gasteiger partial charge in [0.2, 0.25) is 0 Å². The van der Waals surface area contributed by atoms with Gasteiger partial charge >= 0.3 is 5.97 Å². The van der Waals surface area contributed by atoms with Crippen molar-refractivity contribution in [3.8, 4) is 11.1 Å². The van der Waals surface area contributed by atoms with Crippen molar-refractivity contribution in [3.05, 3.63) is 48.4 Å². The highest BCUT2D eigenvalue weighted by molar-refractivity contribution is 6.07. The molecule has 3 aromatic rings. The van der Waals surface area contributed by atoms with Crippen molar-refractivity contribution < 1.29 is 9.53 Å². The fourth-order valence-electron chi connectivity index (χ4n) is 2.35. The number of nitrogen functional groups attached to an aromatic ring is 1. The largest absolute Gasteiger partial charge is 0.461 e. The van der Waals surface area contributed by atoms with Crippen molar-refractivity contribution in [2.45, 2.75) is 6.92 Å². The number of nitrogens with two attached hydrogens (primary N) is 1. The Morgan fingerprint density at radius 3 is 2.76 bits per heavy atom. The maximum Gasteiger partial charge on any atom is 0.355 e. The number of pyridine rings is 1. The fraction of sp³-hybridized carbons (Fsp3) is 0.125. The molecule has 21 heavy (non-hydrogen) atoms. The van der Waals surface area contributed by atoms with Gasteiger partial charge in [-0.15, -0.1) is 0 Å². The van der Waals surface area contributed by atoms with Gasteiger partial charge in [-0.3, -0.25) is 4.98 Å². The molecule has 0 aliphatic rings. The van der Waals surface area contributed by atoms with Crippen molar-refractivity contribution in [3.63, 3.8) is 0 Å². The maximum atomic E-state index is 12.2. The number of fused-ring (bicyclic) bond motifs is 1. The summed E-state index contributed by atoms with van der Waals surface area (Å²) in [5.41, 5.74) is 9.36. The molecule has 0 saturated heterocycles. The van der Waals surface area contributed by atoms with Gasteiger partial charge in [0.25, 0.3) is 0 Å². The summed E-state index contributed by atoms with van der Waals surface area (Å²) >= 11 is 0. The number of carbonyl (C=O) groups is 1. The van der Waals surface area contributed by atoms with Gasteiger partial charge in [-0.05, 0) is 30.7 Å². The molecule has 0 saturated carbocycles. The molecule has 3 N–H and O–H groups in total. The van der Waals surface area contributed by atoms with E-state index in [1.165, 1.54) is 0 Å². The Labute approximate surface area is 121 Å². The minimum Gasteiger partial charge on any atom is -0.461 e. The lowest BCUT2D eigenvalue weighted by Gasteiger charge is -2.05. The lowest BCUT2D eigenvalue weighted by molar-refractivity contribution is 0.0521. The zero-order valence-corrected chi connectivity index (χ0v) is 11.6. The van der Waals surface area contributed by atoms with Gasteiger partial charge in [-0.25, -0.2) is 4.79 Å². The van der Waals surface area contributed by atoms with E-state index in [4.69, 9.17) is 10.5 Å². The van der Waals surface area contributed by atoms with Crippen LogP contribution in [0.3, 0.4) is 0 Å². The van der Waals surface area contributed by atoms with Crippen LogP contribution in [0.5, 0.6) is 0 Å². The third-order valence-corrected chi connectivity index (χ3v) is 3.28. The van der Waals surface area contributed by atoms with Gasteiger partial charge in [-0.1, -0.05) is 12.1 Å². The van der Waals surface area contributed by atoms with Crippen LogP contribution in [0.1, 0.15) is 17.4 Å². The second kappa shape index (κ2) is 5.28. The van der Waals surface area contributed by atoms with Crippen LogP contribution < -0.4 is 5.73 Å². The van der Waals surface area contributed by atoms with Gasteiger partial charge in [0.1, 0.15) is 5.69 Å². The average molecular weight is 281 g/mol. The molecule has 0 aliphatic carbocycles. The Balaban J connectivity index is 2.24. The van der Waals surface area contributed by atoms with E-state index in [2.05, 4.69) is 9.97 Å². The van der Waals surface area contributed by atoms with Crippen molar-refractivity contribution in [2.75, 3.05) is 12.3 Å². The number of nitrogens with zero attached hydrogens (tertiary/aromatic N) is 1. The Kier molecular flexibility index (Phi) is 3.31. The third-order valence-electron chi connectivity index (χ3n) is 3.28. The second-order valence-electron chi connectivity index (χ2n) is 4.64. The number of esters is 1. The molecule has 2 aromatic heterocycles. The zero-order chi connectivity index (χ0) is 14.8. The highest BCUT2D eigenvalue weighted by Gasteiger charge is 2.20. The number of aromatic nitrogens is 2. The summed E-state index contributed by atoms with van der Waals surface area (Å²) in [6.07, 6.45) is 3.39. The standard InChI is InChI=1S/C16H15N3O2/c1-2-21-16(20)15-14(10-3-5-11(17)6-4-10)12-7-8-18-9-13(12)19-15/h3-9,19H,2,17H2,1H3. The van der Waals surface area contributed by atoms with E-state index in [9.17, 15) is 4.79 Å². The highest BCUT2D eigenvalue weighted by atomic mass is 16.5. The van der Waals surface area contributed by atoms with E-state index in [0.717, 1.165) is 22.0 Å². The second-order valence-corrected chi connectivity index (χ2v) is 4.64. The van der Waals surface area contributed by atoms with Crippen LogP contribution in [0.4, 0.5) is 5.69 Å². The molecular formula is C16H15N3O2. The Morgan fingerprint density at radius 1 is 1.29 bits per heavy atom. The van der Waals surface area contributed by atoms with Crippen LogP contribution >= 0.6 is 0 Å². The lowest BCUT2D eigenvalue weighted by atomic mass is 10.0. The number of carbonyl (C=O) groups excluding carboxylic acids is 1. The van der Waals surface area contributed by atoms with Crippen LogP contribution in [0.15, 0.2) is 42.7 Å². The van der Waals surface area contributed by atoms with E-state index in [-0.39, 0.29) is 5.97 Å². The molecule has 2 heterocycles. The Bertz CT molecular complexity index is 791. The average Bonchev–Trinajstić information content (AvgIpc) is 2.88. The summed E-state index contributed by atoms with van der Waals surface area (Å²) in [4.78, 5) is 19.3. The van der Waals surface area contributed by atoms with Gasteiger partial charge < -0.3 is 15.5 Å². The number of hydrogen-bond acceptors (Lipinski definition) is 4. The van der Waals surface area contributed by atoms with Gasteiger partial charge in [0.05, 0.1) is 18.3 Å². The third kappa shape index (κ3) is 2.33. The summed E-state index contributed by atoms with van der Waals surface area (Å²) in [5, 5.41) is 0.929. The smallest absolute Gasteiger partial charge is 0.355 e. The topological polar surface area (TPSA) is 81.0 Å². The van der Waals surface area contributed by atoms with Crippen LogP contribution in [0.25, 0.3) is 22.0 Å². The Morgan fingerprint density at radius 2 is 2.05 bits per heavy atom. The highest BCUT2D eigenvalue weighted by Crippen LogP contribution is 2.32. The molecule has 0 atom stereocenters. The first-order valence-electron chi connectivity index (χ1n) is 6.69. The summed E-state index contributed by atoms with van der Waals surface area (Å²) < 4.78 is 5.13. The van der Waals surface area contributed by atoms with Gasteiger partial charge in [0.15, 0.2) is 0 Å². The van der Waals surface area contributed by atoms with E-state index in [0.29, 0.717) is 18.0 Å². The van der Waals surface area contributed by atoms with Gasteiger partial charge in [-0.2, -0.15) is 0 Å². The molecule has 0 amide bonds. The van der Waals surface area contributed by atoms with Crippen LogP contribution in [0, 0.1) is 0 Å². The molecule has 1 aromatic carbocycles. The van der Waals surface area contributed by atoms with Crippen molar-refractivity contribution in [1.82, 2.24) is 9.97 Å². The van der Waals surface area contributed by atoms with E-state index in [1.807, 2.05) is 30.3 Å². The quantitative estimate of drug-likeness (QED) is 0.571. The molecule has 3 rings (SSSR count). The number of H-pyrrole nitrogens is 1. The number of hydrogen-bond donors (Lipinski definition) is 2. The Hall–Kier alpha value is -2.82. The lowest BCUT2D eigenvalue weighted by Crippen LogP contribution is -2.06. The zero-order valence-electron chi connectivity index (χ0n) is 11.6. The fourth-order valence-corrected chi connectivity index (χ4v) is 2.35. The SMILES string of the molecule is CCOC(=O)c1[nH]c2cnccc2c1-c1ccc(N)cc1. The van der Waals surface area contributed by atoms with E-state index >= 15 is 0 Å². The number of rotatable bonds is 3. The number of nitrogens with one attached hydrogen (secondary N) is 1. The van der Waals surface area contributed by atoms with E-state index < -0.39 is 0 Å². The molecule has 106 valence electrons. The van der Waals surface area contributed by atoms with Gasteiger partial charge in [0, 0.05) is 22.8 Å². The number of benzene rings is 1. The van der Waals surface area contributed by atoms with Crippen molar-refractivity contribution in [2.24, 2.45) is 0 Å². The molecule has 0 radical (unpaired) electrons. The summed E-state index contributed by atoms with van der Waals surface area (Å²) in [7, 11) is 0. The summed E-state index contributed by atoms with van der Waals surface area (Å²) in [6, 6.07) is 9.27. The summed E-state index contributed by atoms with van der Waals surface area (Å²) in [6.45, 7) is 2.11. The number of ether oxygens (including phenoxy) is 1. The predicted octanol–water partition coefficient (Wildman–Crippen LogP) is 2.99. The minimum absolute atomic E-state index is 0.327. The first-order valence-corrected chi connectivity index (χ1v) is 6.69. The normalized spacial score (nSPS) is 10.7. The van der Waals surface area contributed by atoms with Crippen LogP contribution in [-0.4, -0.2) is 22.5 Å². The molecule has 0 aliphatic heterocycles. The first-order chi connectivity index (χ1) is 10.2. The molecule has 0 unspecified atom stereocenters. The van der Waals surface area contributed by atoms with Crippen molar-refractivity contribution in [1.29, 1.82) is 0 Å². The summed E-state index contributed by atoms with van der Waals surface area (Å²) in [5.74, 6) is -0.375. The molecule has 0 spiro atoms. The first kappa shape index (κ1) is 13.2. The molecular weight excluding hydrogens is 266 g/mol. The molecule has 0 bridgehead atoms. The number of aromatic amines is 1.